The third-order valence-electron chi connectivity index (χ3n) is 3.07. The summed E-state index contributed by atoms with van der Waals surface area (Å²) in [6.45, 7) is 2.22. The molecule has 0 fully saturated rings. The molecule has 0 aliphatic heterocycles. The molecule has 0 unspecified atom stereocenters. The molecule has 0 aromatic heterocycles. The highest BCUT2D eigenvalue weighted by Crippen LogP contribution is 2.17. The number of methoxy groups -OCH3 is 1. The summed E-state index contributed by atoms with van der Waals surface area (Å²) in [6, 6.07) is 14.1. The Morgan fingerprint density at radius 1 is 1.10 bits per heavy atom. The Morgan fingerprint density at radius 3 is 2.55 bits per heavy atom. The number of benzene rings is 2. The first kappa shape index (κ1) is 14.6. The molecule has 5 heteroatoms. The molecule has 0 aliphatic carbocycles. The van der Waals surface area contributed by atoms with Crippen LogP contribution in [0.4, 0.5) is 0 Å². The minimum Gasteiger partial charge on any atom is -0.497 e. The summed E-state index contributed by atoms with van der Waals surface area (Å²) in [5.41, 5.74) is 2.01. The Bertz CT molecular complexity index is 696. The molecule has 2 rings (SSSR count). The van der Waals surface area contributed by atoms with Crippen LogP contribution in [-0.2, 0) is 16.6 Å². The fraction of sp³-hybridized carbons (Fsp3) is 0.200. The maximum Gasteiger partial charge on any atom is 0.241 e. The van der Waals surface area contributed by atoms with Gasteiger partial charge in [0.05, 0.1) is 12.0 Å². The smallest absolute Gasteiger partial charge is 0.241 e. The van der Waals surface area contributed by atoms with Crippen molar-refractivity contribution in [2.24, 2.45) is 0 Å². The SMILES string of the molecule is COc1cccc(S(=O)(=O)NCc2ccccc2C)c1. The summed E-state index contributed by atoms with van der Waals surface area (Å²) in [5, 5.41) is 0. The van der Waals surface area contributed by atoms with Gasteiger partial charge in [-0.2, -0.15) is 0 Å². The van der Waals surface area contributed by atoms with Gasteiger partial charge >= 0.3 is 0 Å². The number of ether oxygens (including phenoxy) is 1. The highest BCUT2D eigenvalue weighted by atomic mass is 32.2. The Balaban J connectivity index is 2.17. The number of sulfonamides is 1. The molecule has 0 radical (unpaired) electrons. The molecule has 20 heavy (non-hydrogen) atoms. The quantitative estimate of drug-likeness (QED) is 0.920. The van der Waals surface area contributed by atoms with Crippen molar-refractivity contribution in [1.29, 1.82) is 0 Å². The molecule has 0 saturated carbocycles. The van der Waals surface area contributed by atoms with E-state index in [1.54, 1.807) is 18.2 Å². The van der Waals surface area contributed by atoms with Crippen molar-refractivity contribution < 1.29 is 13.2 Å². The van der Waals surface area contributed by atoms with Crippen molar-refractivity contribution in [2.45, 2.75) is 18.4 Å². The lowest BCUT2D eigenvalue weighted by Gasteiger charge is -2.09. The second-order valence-corrected chi connectivity index (χ2v) is 6.20. The molecule has 1 N–H and O–H groups in total. The van der Waals surface area contributed by atoms with E-state index in [4.69, 9.17) is 4.74 Å². The van der Waals surface area contributed by atoms with Crippen LogP contribution in [0.15, 0.2) is 53.4 Å². The van der Waals surface area contributed by atoms with Crippen LogP contribution in [0, 0.1) is 6.92 Å². The number of aryl methyl sites for hydroxylation is 1. The largest absolute Gasteiger partial charge is 0.497 e. The third kappa shape index (κ3) is 3.37. The van der Waals surface area contributed by atoms with Crippen LogP contribution < -0.4 is 9.46 Å². The number of hydrogen-bond acceptors (Lipinski definition) is 3. The van der Waals surface area contributed by atoms with Crippen molar-refractivity contribution >= 4 is 10.0 Å². The van der Waals surface area contributed by atoms with Crippen molar-refractivity contribution in [3.8, 4) is 5.75 Å². The molecule has 4 nitrogen and oxygen atoms in total. The molecule has 0 saturated heterocycles. The second-order valence-electron chi connectivity index (χ2n) is 4.43. The van der Waals surface area contributed by atoms with Gasteiger partial charge in [0, 0.05) is 12.6 Å². The van der Waals surface area contributed by atoms with Gasteiger partial charge in [-0.1, -0.05) is 30.3 Å². The maximum absolute atomic E-state index is 12.2. The molecule has 0 bridgehead atoms. The van der Waals surface area contributed by atoms with Gasteiger partial charge in [0.25, 0.3) is 0 Å². The lowest BCUT2D eigenvalue weighted by atomic mass is 10.1. The molecular formula is C15H17NO3S. The average molecular weight is 291 g/mol. The van der Waals surface area contributed by atoms with Gasteiger partial charge < -0.3 is 4.74 Å². The Kier molecular flexibility index (Phi) is 4.42. The summed E-state index contributed by atoms with van der Waals surface area (Å²) < 4.78 is 32.1. The summed E-state index contributed by atoms with van der Waals surface area (Å²) in [6.07, 6.45) is 0. The van der Waals surface area contributed by atoms with Gasteiger partial charge in [-0.3, -0.25) is 0 Å². The van der Waals surface area contributed by atoms with Crippen LogP contribution in [0.3, 0.4) is 0 Å². The van der Waals surface area contributed by atoms with E-state index in [9.17, 15) is 8.42 Å². The van der Waals surface area contributed by atoms with Crippen molar-refractivity contribution in [3.63, 3.8) is 0 Å². The van der Waals surface area contributed by atoms with Crippen molar-refractivity contribution in [2.75, 3.05) is 7.11 Å². The predicted molar refractivity (Wildman–Crippen MR) is 78.2 cm³/mol. The van der Waals surface area contributed by atoms with Gasteiger partial charge in [-0.25, -0.2) is 13.1 Å². The number of rotatable bonds is 5. The fourth-order valence-corrected chi connectivity index (χ4v) is 2.87. The molecule has 2 aromatic rings. The Labute approximate surface area is 119 Å². The van der Waals surface area contributed by atoms with Crippen LogP contribution in [-0.4, -0.2) is 15.5 Å². The van der Waals surface area contributed by atoms with E-state index >= 15 is 0 Å². The third-order valence-corrected chi connectivity index (χ3v) is 4.46. The van der Waals surface area contributed by atoms with E-state index < -0.39 is 10.0 Å². The van der Waals surface area contributed by atoms with Crippen molar-refractivity contribution in [3.05, 3.63) is 59.7 Å². The van der Waals surface area contributed by atoms with Gasteiger partial charge in [0.15, 0.2) is 0 Å². The lowest BCUT2D eigenvalue weighted by Crippen LogP contribution is -2.23. The van der Waals surface area contributed by atoms with Crippen LogP contribution in [0.25, 0.3) is 0 Å². The van der Waals surface area contributed by atoms with E-state index in [1.807, 2.05) is 31.2 Å². The molecular weight excluding hydrogens is 274 g/mol. The van der Waals surface area contributed by atoms with Crippen LogP contribution >= 0.6 is 0 Å². The molecule has 0 heterocycles. The predicted octanol–water partition coefficient (Wildman–Crippen LogP) is 2.48. The van der Waals surface area contributed by atoms with E-state index in [0.29, 0.717) is 5.75 Å². The number of hydrogen-bond donors (Lipinski definition) is 1. The van der Waals surface area contributed by atoms with E-state index in [0.717, 1.165) is 11.1 Å². The summed E-state index contributed by atoms with van der Waals surface area (Å²) in [4.78, 5) is 0.199. The first-order valence-corrected chi connectivity index (χ1v) is 7.69. The summed E-state index contributed by atoms with van der Waals surface area (Å²) in [5.74, 6) is 0.517. The zero-order chi connectivity index (χ0) is 14.6. The zero-order valence-electron chi connectivity index (χ0n) is 11.5. The van der Waals surface area contributed by atoms with Gasteiger partial charge in [0.2, 0.25) is 10.0 Å². The van der Waals surface area contributed by atoms with E-state index in [-0.39, 0.29) is 11.4 Å². The van der Waals surface area contributed by atoms with E-state index in [2.05, 4.69) is 4.72 Å². The highest BCUT2D eigenvalue weighted by molar-refractivity contribution is 7.89. The topological polar surface area (TPSA) is 55.4 Å². The number of nitrogens with one attached hydrogen (secondary N) is 1. The van der Waals surface area contributed by atoms with Crippen LogP contribution in [0.5, 0.6) is 5.75 Å². The molecule has 2 aromatic carbocycles. The Morgan fingerprint density at radius 2 is 1.85 bits per heavy atom. The molecule has 0 amide bonds. The first-order valence-electron chi connectivity index (χ1n) is 6.21. The van der Waals surface area contributed by atoms with Crippen molar-refractivity contribution in [1.82, 2.24) is 4.72 Å². The minimum atomic E-state index is -3.54. The van der Waals surface area contributed by atoms with Gasteiger partial charge in [0.1, 0.15) is 5.75 Å². The summed E-state index contributed by atoms with van der Waals surface area (Å²) in [7, 11) is -2.03. The normalized spacial score (nSPS) is 11.3. The summed E-state index contributed by atoms with van der Waals surface area (Å²) >= 11 is 0. The molecule has 0 atom stereocenters. The second kappa shape index (κ2) is 6.07. The van der Waals surface area contributed by atoms with Gasteiger partial charge in [-0.15, -0.1) is 0 Å². The first-order chi connectivity index (χ1) is 9.53. The highest BCUT2D eigenvalue weighted by Gasteiger charge is 2.14. The average Bonchev–Trinajstić information content (AvgIpc) is 2.46. The monoisotopic (exact) mass is 291 g/mol. The minimum absolute atomic E-state index is 0.199. The molecule has 106 valence electrons. The van der Waals surface area contributed by atoms with E-state index in [1.165, 1.54) is 13.2 Å². The standard InChI is InChI=1S/C15H17NO3S/c1-12-6-3-4-7-13(12)11-16-20(17,18)15-9-5-8-14(10-15)19-2/h3-10,16H,11H2,1-2H3. The molecule has 0 spiro atoms. The zero-order valence-corrected chi connectivity index (χ0v) is 12.3. The maximum atomic E-state index is 12.2. The fourth-order valence-electron chi connectivity index (χ4n) is 1.83. The Hall–Kier alpha value is -1.85. The van der Waals surface area contributed by atoms with Crippen LogP contribution in [0.1, 0.15) is 11.1 Å². The van der Waals surface area contributed by atoms with Gasteiger partial charge in [-0.05, 0) is 30.2 Å². The van der Waals surface area contributed by atoms with Crippen LogP contribution in [0.2, 0.25) is 0 Å². The molecule has 0 aliphatic rings. The lowest BCUT2D eigenvalue weighted by molar-refractivity contribution is 0.413.